The van der Waals surface area contributed by atoms with Gasteiger partial charge in [-0.15, -0.1) is 0 Å². The molecule has 2 heterocycles. The molecule has 2 aliphatic heterocycles. The van der Waals surface area contributed by atoms with Gasteiger partial charge in [-0.3, -0.25) is 4.79 Å². The number of anilines is 1. The van der Waals surface area contributed by atoms with Crippen LogP contribution in [0.2, 0.25) is 5.02 Å². The molecule has 2 aliphatic rings. The summed E-state index contributed by atoms with van der Waals surface area (Å²) < 4.78 is 6.50. The lowest BCUT2D eigenvalue weighted by Crippen LogP contribution is -2.45. The third kappa shape index (κ3) is 2.78. The Morgan fingerprint density at radius 2 is 1.53 bits per heavy atom. The molecule has 5 rings (SSSR count). The molecule has 1 unspecified atom stereocenters. The fourth-order valence-electron chi connectivity index (χ4n) is 4.32. The minimum atomic E-state index is -0.860. The van der Waals surface area contributed by atoms with Crippen LogP contribution < -0.4 is 4.90 Å². The van der Waals surface area contributed by atoms with E-state index in [-0.39, 0.29) is 5.91 Å². The fourth-order valence-corrected chi connectivity index (χ4v) is 4.44. The van der Waals surface area contributed by atoms with Gasteiger partial charge in [-0.1, -0.05) is 60.1 Å². The normalized spacial score (nSPS) is 20.3. The molecule has 0 saturated heterocycles. The molecule has 4 heteroatoms. The first-order valence-electron chi connectivity index (χ1n) is 9.83. The van der Waals surface area contributed by atoms with Gasteiger partial charge in [-0.2, -0.15) is 0 Å². The van der Waals surface area contributed by atoms with Crippen molar-refractivity contribution in [3.05, 3.63) is 107 Å². The molecule has 0 N–H and O–H groups in total. The molecule has 1 atom stereocenters. The highest BCUT2D eigenvalue weighted by molar-refractivity contribution is 6.30. The van der Waals surface area contributed by atoms with E-state index in [1.165, 1.54) is 0 Å². The third-order valence-corrected chi connectivity index (χ3v) is 6.08. The number of fused-ring (bicyclic) bond motifs is 3. The molecule has 1 amide bonds. The monoisotopic (exact) mass is 413 g/mol. The Morgan fingerprint density at radius 3 is 2.27 bits per heavy atom. The van der Waals surface area contributed by atoms with Crippen molar-refractivity contribution in [2.24, 2.45) is 5.41 Å². The van der Waals surface area contributed by atoms with Crippen LogP contribution in [0.25, 0.3) is 17.1 Å². The molecular formula is C26H20ClNO2. The average Bonchev–Trinajstić information content (AvgIpc) is 2.78. The fraction of sp³-hybridized carbons (Fsp3) is 0.115. The molecule has 0 saturated carbocycles. The second kappa shape index (κ2) is 6.89. The first-order chi connectivity index (χ1) is 14.5. The Morgan fingerprint density at radius 1 is 0.867 bits per heavy atom. The number of rotatable bonds is 2. The Hall–Kier alpha value is -3.30. The van der Waals surface area contributed by atoms with Crippen molar-refractivity contribution in [3.63, 3.8) is 0 Å². The maximum atomic E-state index is 13.6. The molecule has 3 nitrogen and oxygen atoms in total. The van der Waals surface area contributed by atoms with Gasteiger partial charge < -0.3 is 9.64 Å². The van der Waals surface area contributed by atoms with Gasteiger partial charge in [0.15, 0.2) is 0 Å². The van der Waals surface area contributed by atoms with E-state index in [1.54, 1.807) is 4.90 Å². The van der Waals surface area contributed by atoms with Gasteiger partial charge in [0.1, 0.15) is 11.5 Å². The largest absolute Gasteiger partial charge is 0.456 e. The van der Waals surface area contributed by atoms with Gasteiger partial charge in [0.25, 0.3) is 0 Å². The van der Waals surface area contributed by atoms with Crippen LogP contribution >= 0.6 is 11.6 Å². The zero-order chi connectivity index (χ0) is 20.9. The summed E-state index contributed by atoms with van der Waals surface area (Å²) in [7, 11) is 1.83. The van der Waals surface area contributed by atoms with Crippen molar-refractivity contribution < 1.29 is 9.53 Å². The van der Waals surface area contributed by atoms with Crippen molar-refractivity contribution in [1.82, 2.24) is 0 Å². The van der Waals surface area contributed by atoms with Crippen LogP contribution in [0.4, 0.5) is 5.69 Å². The van der Waals surface area contributed by atoms with Gasteiger partial charge in [0.05, 0.1) is 11.1 Å². The maximum absolute atomic E-state index is 13.6. The van der Waals surface area contributed by atoms with Gasteiger partial charge in [0, 0.05) is 34.3 Å². The molecule has 148 valence electrons. The number of halogens is 1. The lowest BCUT2D eigenvalue weighted by atomic mass is 9.71. The molecule has 3 aromatic rings. The van der Waals surface area contributed by atoms with E-state index in [1.807, 2.05) is 92.8 Å². The van der Waals surface area contributed by atoms with Gasteiger partial charge in [-0.05, 0) is 43.3 Å². The van der Waals surface area contributed by atoms with Crippen molar-refractivity contribution in [2.45, 2.75) is 6.92 Å². The SMILES string of the molecule is CN1C(=O)C2(C)C=C(c3ccc(Cl)cc3)OC(c3ccccc3)=C2c2ccccc21. The summed E-state index contributed by atoms with van der Waals surface area (Å²) in [6.45, 7) is 1.97. The number of carbonyl (C=O) groups is 1. The highest BCUT2D eigenvalue weighted by Gasteiger charge is 2.48. The average molecular weight is 414 g/mol. The number of carbonyl (C=O) groups excluding carboxylic acids is 1. The number of para-hydroxylation sites is 1. The molecular weight excluding hydrogens is 394 g/mol. The van der Waals surface area contributed by atoms with Crippen molar-refractivity contribution >= 4 is 40.3 Å². The molecule has 0 spiro atoms. The number of amides is 1. The topological polar surface area (TPSA) is 29.5 Å². The third-order valence-electron chi connectivity index (χ3n) is 5.83. The summed E-state index contributed by atoms with van der Waals surface area (Å²) in [6, 6.07) is 25.4. The Bertz CT molecular complexity index is 1210. The standard InChI is InChI=1S/C26H20ClNO2/c1-26-16-22(17-12-14-19(27)15-13-17)30-24(18-8-4-3-5-9-18)23(26)20-10-6-7-11-21(20)28(2)25(26)29/h3-16H,1-2H3. The highest BCUT2D eigenvalue weighted by Crippen LogP contribution is 2.54. The predicted molar refractivity (Wildman–Crippen MR) is 122 cm³/mol. The number of hydrogen-bond acceptors (Lipinski definition) is 2. The van der Waals surface area contributed by atoms with Crippen LogP contribution in [-0.2, 0) is 9.53 Å². The summed E-state index contributed by atoms with van der Waals surface area (Å²) in [4.78, 5) is 15.4. The lowest BCUT2D eigenvalue weighted by Gasteiger charge is -2.42. The molecule has 0 aliphatic carbocycles. The molecule has 0 fully saturated rings. The quantitative estimate of drug-likeness (QED) is 0.496. The molecule has 0 radical (unpaired) electrons. The zero-order valence-electron chi connectivity index (χ0n) is 16.7. The van der Waals surface area contributed by atoms with Gasteiger partial charge in [-0.25, -0.2) is 0 Å². The summed E-state index contributed by atoms with van der Waals surface area (Å²) in [5.74, 6) is 1.37. The molecule has 3 aromatic carbocycles. The minimum Gasteiger partial charge on any atom is -0.456 e. The van der Waals surface area contributed by atoms with E-state index < -0.39 is 5.41 Å². The highest BCUT2D eigenvalue weighted by atomic mass is 35.5. The van der Waals surface area contributed by atoms with E-state index in [9.17, 15) is 4.79 Å². The van der Waals surface area contributed by atoms with Crippen LogP contribution in [0.1, 0.15) is 23.6 Å². The van der Waals surface area contributed by atoms with Crippen molar-refractivity contribution in [1.29, 1.82) is 0 Å². The van der Waals surface area contributed by atoms with Crippen LogP contribution in [0, 0.1) is 5.41 Å². The second-order valence-electron chi connectivity index (χ2n) is 7.77. The van der Waals surface area contributed by atoms with E-state index in [4.69, 9.17) is 16.3 Å². The summed E-state index contributed by atoms with van der Waals surface area (Å²) in [5.41, 5.74) is 3.74. The number of benzene rings is 3. The van der Waals surface area contributed by atoms with E-state index >= 15 is 0 Å². The summed E-state index contributed by atoms with van der Waals surface area (Å²) in [6.07, 6.45) is 1.94. The molecule has 0 bridgehead atoms. The van der Waals surface area contributed by atoms with E-state index in [0.29, 0.717) is 16.5 Å². The number of ether oxygens (including phenoxy) is 1. The second-order valence-corrected chi connectivity index (χ2v) is 8.21. The van der Waals surface area contributed by atoms with Crippen LogP contribution in [0.15, 0.2) is 84.9 Å². The van der Waals surface area contributed by atoms with Crippen molar-refractivity contribution in [3.8, 4) is 0 Å². The van der Waals surface area contributed by atoms with Crippen LogP contribution in [0.5, 0.6) is 0 Å². The number of hydrogen-bond donors (Lipinski definition) is 0. The minimum absolute atomic E-state index is 0.0133. The van der Waals surface area contributed by atoms with Crippen LogP contribution in [-0.4, -0.2) is 13.0 Å². The maximum Gasteiger partial charge on any atom is 0.241 e. The predicted octanol–water partition coefficient (Wildman–Crippen LogP) is 6.26. The summed E-state index contributed by atoms with van der Waals surface area (Å²) >= 11 is 6.08. The first-order valence-corrected chi connectivity index (χ1v) is 10.2. The number of nitrogens with zero attached hydrogens (tertiary/aromatic N) is 1. The van der Waals surface area contributed by atoms with Crippen molar-refractivity contribution in [2.75, 3.05) is 11.9 Å². The molecule has 0 aromatic heterocycles. The Labute approximate surface area is 180 Å². The summed E-state index contributed by atoms with van der Waals surface area (Å²) in [5, 5.41) is 0.656. The first kappa shape index (κ1) is 18.7. The Balaban J connectivity index is 1.80. The van der Waals surface area contributed by atoms with Gasteiger partial charge >= 0.3 is 0 Å². The molecule has 30 heavy (non-hydrogen) atoms. The zero-order valence-corrected chi connectivity index (χ0v) is 17.5. The van der Waals surface area contributed by atoms with E-state index in [2.05, 4.69) is 6.07 Å². The Kier molecular flexibility index (Phi) is 4.30. The lowest BCUT2D eigenvalue weighted by molar-refractivity contribution is -0.122. The van der Waals surface area contributed by atoms with Crippen LogP contribution in [0.3, 0.4) is 0 Å². The smallest absolute Gasteiger partial charge is 0.241 e. The van der Waals surface area contributed by atoms with Gasteiger partial charge in [0.2, 0.25) is 5.91 Å². The van der Waals surface area contributed by atoms with E-state index in [0.717, 1.165) is 28.0 Å².